The third-order valence-electron chi connectivity index (χ3n) is 3.39. The van der Waals surface area contributed by atoms with Crippen LogP contribution in [-0.4, -0.2) is 41.2 Å². The van der Waals surface area contributed by atoms with E-state index in [0.717, 1.165) is 0 Å². The predicted octanol–water partition coefficient (Wildman–Crippen LogP) is 1.23. The van der Waals surface area contributed by atoms with Crippen LogP contribution < -0.4 is 20.1 Å². The molecule has 2 atom stereocenters. The summed E-state index contributed by atoms with van der Waals surface area (Å²) in [6, 6.07) is 7.33. The van der Waals surface area contributed by atoms with Gasteiger partial charge in [0.15, 0.2) is 11.5 Å². The normalized spacial score (nSPS) is 19.0. The average molecular weight is 314 g/mol. The minimum absolute atomic E-state index is 0.201. The van der Waals surface area contributed by atoms with Crippen molar-refractivity contribution in [3.05, 3.63) is 42.9 Å². The first kappa shape index (κ1) is 15.1. The largest absolute Gasteiger partial charge is 0.482 e. The van der Waals surface area contributed by atoms with E-state index in [0.29, 0.717) is 30.4 Å². The fourth-order valence-corrected chi connectivity index (χ4v) is 2.27. The number of nitrogens with zero attached hydrogens (tertiary/aromatic N) is 2. The van der Waals surface area contributed by atoms with Gasteiger partial charge in [-0.25, -0.2) is 4.98 Å². The van der Waals surface area contributed by atoms with Gasteiger partial charge in [0.1, 0.15) is 11.9 Å². The molecule has 2 aromatic rings. The lowest BCUT2D eigenvalue weighted by Gasteiger charge is -2.31. The Balaban J connectivity index is 1.49. The second-order valence-electron chi connectivity index (χ2n) is 5.12. The highest BCUT2D eigenvalue weighted by atomic mass is 16.6. The molecule has 1 aliphatic rings. The molecule has 1 aromatic heterocycles. The first-order valence-corrected chi connectivity index (χ1v) is 7.44. The molecule has 0 spiro atoms. The SMILES string of the molecule is C[C@@H]1Oc2ccccc2O[C@@H]1C(=O)NCCNc1cnccn1. The molecule has 2 N–H and O–H groups in total. The summed E-state index contributed by atoms with van der Waals surface area (Å²) in [6.07, 6.45) is 3.82. The molecule has 0 aliphatic carbocycles. The second kappa shape index (κ2) is 6.95. The molecule has 7 nitrogen and oxygen atoms in total. The highest BCUT2D eigenvalue weighted by Crippen LogP contribution is 2.33. The van der Waals surface area contributed by atoms with E-state index < -0.39 is 6.10 Å². The van der Waals surface area contributed by atoms with Gasteiger partial charge < -0.3 is 20.1 Å². The predicted molar refractivity (Wildman–Crippen MR) is 84.5 cm³/mol. The molecular formula is C16H18N4O3. The fourth-order valence-electron chi connectivity index (χ4n) is 2.27. The highest BCUT2D eigenvalue weighted by Gasteiger charge is 2.33. The first-order valence-electron chi connectivity index (χ1n) is 7.44. The monoisotopic (exact) mass is 314 g/mol. The van der Waals surface area contributed by atoms with Crippen molar-refractivity contribution in [3.8, 4) is 11.5 Å². The Kier molecular flexibility index (Phi) is 4.56. The van der Waals surface area contributed by atoms with Crippen molar-refractivity contribution in [2.45, 2.75) is 19.1 Å². The van der Waals surface area contributed by atoms with E-state index in [4.69, 9.17) is 9.47 Å². The van der Waals surface area contributed by atoms with Crippen LogP contribution in [0.5, 0.6) is 11.5 Å². The number of amides is 1. The van der Waals surface area contributed by atoms with E-state index >= 15 is 0 Å². The van der Waals surface area contributed by atoms with Gasteiger partial charge in [0, 0.05) is 25.5 Å². The molecule has 0 saturated carbocycles. The van der Waals surface area contributed by atoms with Crippen molar-refractivity contribution < 1.29 is 14.3 Å². The number of hydrogen-bond donors (Lipinski definition) is 2. The number of carbonyl (C=O) groups excluding carboxylic acids is 1. The summed E-state index contributed by atoms with van der Waals surface area (Å²) < 4.78 is 11.5. The smallest absolute Gasteiger partial charge is 0.265 e. The Morgan fingerprint density at radius 3 is 2.70 bits per heavy atom. The average Bonchev–Trinajstić information content (AvgIpc) is 2.59. The van der Waals surface area contributed by atoms with Gasteiger partial charge in [-0.15, -0.1) is 0 Å². The minimum Gasteiger partial charge on any atom is -0.482 e. The Hall–Kier alpha value is -2.83. The van der Waals surface area contributed by atoms with E-state index in [1.165, 1.54) is 0 Å². The van der Waals surface area contributed by atoms with Crippen LogP contribution in [0.15, 0.2) is 42.9 Å². The summed E-state index contributed by atoms with van der Waals surface area (Å²) in [5.41, 5.74) is 0. The lowest BCUT2D eigenvalue weighted by atomic mass is 10.1. The van der Waals surface area contributed by atoms with E-state index in [1.807, 2.05) is 25.1 Å². The molecule has 0 radical (unpaired) electrons. The van der Waals surface area contributed by atoms with Gasteiger partial charge in [0.25, 0.3) is 5.91 Å². The van der Waals surface area contributed by atoms with E-state index in [2.05, 4.69) is 20.6 Å². The van der Waals surface area contributed by atoms with Crippen LogP contribution in [0, 0.1) is 0 Å². The lowest BCUT2D eigenvalue weighted by molar-refractivity contribution is -0.133. The molecule has 0 bridgehead atoms. The third-order valence-corrected chi connectivity index (χ3v) is 3.39. The van der Waals surface area contributed by atoms with Gasteiger partial charge in [-0.05, 0) is 19.1 Å². The van der Waals surface area contributed by atoms with Crippen molar-refractivity contribution in [2.24, 2.45) is 0 Å². The number of fused-ring (bicyclic) bond motifs is 1. The van der Waals surface area contributed by atoms with Crippen LogP contribution in [0.1, 0.15) is 6.92 Å². The van der Waals surface area contributed by atoms with Crippen molar-refractivity contribution in [2.75, 3.05) is 18.4 Å². The van der Waals surface area contributed by atoms with Crippen LogP contribution in [0.25, 0.3) is 0 Å². The zero-order valence-corrected chi connectivity index (χ0v) is 12.7. The summed E-state index contributed by atoms with van der Waals surface area (Å²) in [6.45, 7) is 2.81. The summed E-state index contributed by atoms with van der Waals surface area (Å²) in [5, 5.41) is 5.90. The second-order valence-corrected chi connectivity index (χ2v) is 5.12. The van der Waals surface area contributed by atoms with Gasteiger partial charge in [0.05, 0.1) is 6.20 Å². The van der Waals surface area contributed by atoms with Gasteiger partial charge in [0.2, 0.25) is 6.10 Å². The fraction of sp³-hybridized carbons (Fsp3) is 0.312. The van der Waals surface area contributed by atoms with Gasteiger partial charge >= 0.3 is 0 Å². The number of anilines is 1. The maximum Gasteiger partial charge on any atom is 0.265 e. The maximum atomic E-state index is 12.3. The topological polar surface area (TPSA) is 85.4 Å². The van der Waals surface area contributed by atoms with Gasteiger partial charge in [-0.3, -0.25) is 9.78 Å². The maximum absolute atomic E-state index is 12.3. The summed E-state index contributed by atoms with van der Waals surface area (Å²) in [7, 11) is 0. The van der Waals surface area contributed by atoms with Crippen LogP contribution >= 0.6 is 0 Å². The number of ether oxygens (including phenoxy) is 2. The zero-order valence-electron chi connectivity index (χ0n) is 12.7. The molecule has 2 heterocycles. The Bertz CT molecular complexity index is 665. The molecular weight excluding hydrogens is 296 g/mol. The molecule has 120 valence electrons. The highest BCUT2D eigenvalue weighted by molar-refractivity contribution is 5.82. The first-order chi connectivity index (χ1) is 11.2. The Morgan fingerprint density at radius 2 is 1.96 bits per heavy atom. The number of hydrogen-bond acceptors (Lipinski definition) is 6. The number of aromatic nitrogens is 2. The van der Waals surface area contributed by atoms with E-state index in [-0.39, 0.29) is 12.0 Å². The molecule has 0 fully saturated rings. The molecule has 3 rings (SSSR count). The van der Waals surface area contributed by atoms with Crippen LogP contribution in [0.3, 0.4) is 0 Å². The third kappa shape index (κ3) is 3.68. The van der Waals surface area contributed by atoms with Crippen molar-refractivity contribution in [1.82, 2.24) is 15.3 Å². The molecule has 0 unspecified atom stereocenters. The van der Waals surface area contributed by atoms with Gasteiger partial charge in [-0.1, -0.05) is 12.1 Å². The number of nitrogens with one attached hydrogen (secondary N) is 2. The van der Waals surface area contributed by atoms with Gasteiger partial charge in [-0.2, -0.15) is 0 Å². The summed E-state index contributed by atoms with van der Waals surface area (Å²) in [4.78, 5) is 20.3. The van der Waals surface area contributed by atoms with Crippen molar-refractivity contribution in [1.29, 1.82) is 0 Å². The van der Waals surface area contributed by atoms with Crippen LogP contribution in [0.2, 0.25) is 0 Å². The molecule has 1 amide bonds. The molecule has 7 heteroatoms. The standard InChI is InChI=1S/C16H18N4O3/c1-11-15(23-13-5-3-2-4-12(13)22-11)16(21)20-9-8-19-14-10-17-6-7-18-14/h2-7,10-11,15H,8-9H2,1H3,(H,18,19)(H,20,21)/t11-,15-/m0/s1. The number of para-hydroxylation sites is 2. The number of carbonyl (C=O) groups is 1. The van der Waals surface area contributed by atoms with Crippen molar-refractivity contribution >= 4 is 11.7 Å². The van der Waals surface area contributed by atoms with Crippen LogP contribution in [0.4, 0.5) is 5.82 Å². The zero-order chi connectivity index (χ0) is 16.1. The number of benzene rings is 1. The summed E-state index contributed by atoms with van der Waals surface area (Å²) in [5.74, 6) is 1.71. The van der Waals surface area contributed by atoms with Crippen molar-refractivity contribution in [3.63, 3.8) is 0 Å². The minimum atomic E-state index is -0.665. The van der Waals surface area contributed by atoms with E-state index in [1.54, 1.807) is 24.7 Å². The Labute approximate surface area is 134 Å². The molecule has 0 saturated heterocycles. The van der Waals surface area contributed by atoms with Crippen LogP contribution in [-0.2, 0) is 4.79 Å². The molecule has 1 aliphatic heterocycles. The molecule has 23 heavy (non-hydrogen) atoms. The Morgan fingerprint density at radius 1 is 1.17 bits per heavy atom. The summed E-state index contributed by atoms with van der Waals surface area (Å²) >= 11 is 0. The lowest BCUT2D eigenvalue weighted by Crippen LogP contribution is -2.49. The quantitative estimate of drug-likeness (QED) is 0.808. The number of rotatable bonds is 5. The molecule has 1 aromatic carbocycles. The van der Waals surface area contributed by atoms with E-state index in [9.17, 15) is 4.79 Å².